The number of nitrogens with one attached hydrogen (secondary N) is 1. The first-order valence-corrected chi connectivity index (χ1v) is 9.26. The fourth-order valence-electron chi connectivity index (χ4n) is 2.09. The van der Waals surface area contributed by atoms with Crippen molar-refractivity contribution in [2.24, 2.45) is 0 Å². The summed E-state index contributed by atoms with van der Waals surface area (Å²) in [6.07, 6.45) is 6.84. The molecule has 1 N–H and O–H groups in total. The maximum atomic E-state index is 12.3. The molecular formula is C16H16N6OS2. The van der Waals surface area contributed by atoms with E-state index in [2.05, 4.69) is 32.1 Å². The summed E-state index contributed by atoms with van der Waals surface area (Å²) < 4.78 is 1.93. The molecule has 0 saturated heterocycles. The van der Waals surface area contributed by atoms with Crippen molar-refractivity contribution < 1.29 is 4.79 Å². The first-order chi connectivity index (χ1) is 12.2. The molecule has 128 valence electrons. The highest BCUT2D eigenvalue weighted by Gasteiger charge is 2.21. The Hall–Kier alpha value is -2.52. The SMILES string of the molecule is C=CCn1c(S[C@H](C)C(=O)Nc2nccs2)nnc1-c1ccncc1. The summed E-state index contributed by atoms with van der Waals surface area (Å²) in [5, 5.41) is 14.0. The Kier molecular flexibility index (Phi) is 5.56. The predicted octanol–water partition coefficient (Wildman–Crippen LogP) is 3.10. The summed E-state index contributed by atoms with van der Waals surface area (Å²) in [5.74, 6) is 0.593. The Morgan fingerprint density at radius 2 is 2.20 bits per heavy atom. The second-order valence-electron chi connectivity index (χ2n) is 5.03. The summed E-state index contributed by atoms with van der Waals surface area (Å²) in [7, 11) is 0. The van der Waals surface area contributed by atoms with Crippen LogP contribution in [0.5, 0.6) is 0 Å². The first kappa shape index (κ1) is 17.3. The lowest BCUT2D eigenvalue weighted by Crippen LogP contribution is -2.22. The topological polar surface area (TPSA) is 85.6 Å². The van der Waals surface area contributed by atoms with Gasteiger partial charge in [0.25, 0.3) is 0 Å². The zero-order valence-electron chi connectivity index (χ0n) is 13.5. The zero-order valence-corrected chi connectivity index (χ0v) is 15.1. The van der Waals surface area contributed by atoms with Gasteiger partial charge in [-0.15, -0.1) is 28.1 Å². The molecule has 3 heterocycles. The number of allylic oxidation sites excluding steroid dienone is 1. The van der Waals surface area contributed by atoms with E-state index >= 15 is 0 Å². The summed E-state index contributed by atoms with van der Waals surface area (Å²) in [6.45, 7) is 6.17. The van der Waals surface area contributed by atoms with Crippen LogP contribution in [0.25, 0.3) is 11.4 Å². The van der Waals surface area contributed by atoms with Gasteiger partial charge in [0.05, 0.1) is 5.25 Å². The van der Waals surface area contributed by atoms with Crippen LogP contribution >= 0.6 is 23.1 Å². The van der Waals surface area contributed by atoms with Gasteiger partial charge in [-0.1, -0.05) is 17.8 Å². The van der Waals surface area contributed by atoms with Crippen LogP contribution < -0.4 is 5.32 Å². The van der Waals surface area contributed by atoms with E-state index in [-0.39, 0.29) is 11.2 Å². The summed E-state index contributed by atoms with van der Waals surface area (Å²) in [5.41, 5.74) is 0.913. The summed E-state index contributed by atoms with van der Waals surface area (Å²) >= 11 is 2.73. The minimum absolute atomic E-state index is 0.126. The highest BCUT2D eigenvalue weighted by Crippen LogP contribution is 2.27. The van der Waals surface area contributed by atoms with Crippen molar-refractivity contribution in [1.29, 1.82) is 0 Å². The molecule has 3 aromatic rings. The number of pyridine rings is 1. The van der Waals surface area contributed by atoms with Gasteiger partial charge >= 0.3 is 0 Å². The Morgan fingerprint density at radius 3 is 2.88 bits per heavy atom. The van der Waals surface area contributed by atoms with E-state index in [1.807, 2.05) is 29.0 Å². The van der Waals surface area contributed by atoms with Crippen LogP contribution in [-0.2, 0) is 11.3 Å². The standard InChI is InChI=1S/C16H16N6OS2/c1-3-9-22-13(12-4-6-17-7-5-12)20-21-16(22)25-11(2)14(23)19-15-18-8-10-24-15/h3-8,10-11H,1,9H2,2H3,(H,18,19,23)/t11-/m1/s1. The molecule has 0 spiro atoms. The average Bonchev–Trinajstić information content (AvgIpc) is 3.26. The second kappa shape index (κ2) is 8.04. The van der Waals surface area contributed by atoms with Crippen molar-refractivity contribution >= 4 is 34.1 Å². The van der Waals surface area contributed by atoms with Gasteiger partial charge in [-0.3, -0.25) is 14.3 Å². The normalized spacial score (nSPS) is 11.9. The number of thioether (sulfide) groups is 1. The monoisotopic (exact) mass is 372 g/mol. The molecule has 9 heteroatoms. The van der Waals surface area contributed by atoms with Crippen molar-refractivity contribution in [3.63, 3.8) is 0 Å². The Balaban J connectivity index is 1.78. The number of thiazole rings is 1. The third-order valence-corrected chi connectivity index (χ3v) is 5.05. The fourth-order valence-corrected chi connectivity index (χ4v) is 3.48. The molecule has 0 aromatic carbocycles. The van der Waals surface area contributed by atoms with Crippen molar-refractivity contribution in [2.45, 2.75) is 23.9 Å². The molecule has 3 rings (SSSR count). The van der Waals surface area contributed by atoms with E-state index in [9.17, 15) is 4.79 Å². The Labute approximate surface area is 153 Å². The minimum Gasteiger partial charge on any atom is -0.301 e. The largest absolute Gasteiger partial charge is 0.301 e. The lowest BCUT2D eigenvalue weighted by atomic mass is 10.2. The van der Waals surface area contributed by atoms with Gasteiger partial charge in [-0.25, -0.2) is 4.98 Å². The number of hydrogen-bond donors (Lipinski definition) is 1. The van der Waals surface area contributed by atoms with E-state index < -0.39 is 0 Å². The number of anilines is 1. The molecule has 0 unspecified atom stereocenters. The summed E-state index contributed by atoms with van der Waals surface area (Å²) in [6, 6.07) is 3.74. The van der Waals surface area contributed by atoms with Crippen molar-refractivity contribution in [3.05, 3.63) is 48.8 Å². The fraction of sp³-hybridized carbons (Fsp3) is 0.188. The van der Waals surface area contributed by atoms with Crippen LogP contribution in [-0.4, -0.2) is 35.9 Å². The lowest BCUT2D eigenvalue weighted by Gasteiger charge is -2.11. The van der Waals surface area contributed by atoms with Crippen LogP contribution in [0.4, 0.5) is 5.13 Å². The molecule has 0 aliphatic heterocycles. The van der Waals surface area contributed by atoms with Gasteiger partial charge in [0.2, 0.25) is 5.91 Å². The van der Waals surface area contributed by atoms with Gasteiger partial charge < -0.3 is 5.32 Å². The van der Waals surface area contributed by atoms with Crippen molar-refractivity contribution in [1.82, 2.24) is 24.7 Å². The number of hydrogen-bond acceptors (Lipinski definition) is 7. The number of rotatable bonds is 7. The predicted molar refractivity (Wildman–Crippen MR) is 99.5 cm³/mol. The van der Waals surface area contributed by atoms with Crippen LogP contribution in [0.2, 0.25) is 0 Å². The number of carbonyl (C=O) groups is 1. The van der Waals surface area contributed by atoms with Gasteiger partial charge in [0, 0.05) is 36.1 Å². The van der Waals surface area contributed by atoms with E-state index in [0.717, 1.165) is 11.4 Å². The quantitative estimate of drug-likeness (QED) is 0.507. The third kappa shape index (κ3) is 4.12. The Morgan fingerprint density at radius 1 is 1.40 bits per heavy atom. The second-order valence-corrected chi connectivity index (χ2v) is 7.23. The molecule has 0 saturated carbocycles. The lowest BCUT2D eigenvalue weighted by molar-refractivity contribution is -0.115. The molecule has 0 bridgehead atoms. The van der Waals surface area contributed by atoms with Crippen LogP contribution in [0.3, 0.4) is 0 Å². The Bertz CT molecular complexity index is 847. The van der Waals surface area contributed by atoms with E-state index in [1.165, 1.54) is 23.1 Å². The third-order valence-electron chi connectivity index (χ3n) is 3.28. The number of aromatic nitrogens is 5. The molecule has 0 radical (unpaired) electrons. The van der Waals surface area contributed by atoms with Gasteiger partial charge in [-0.05, 0) is 19.1 Å². The molecule has 0 aliphatic carbocycles. The highest BCUT2D eigenvalue weighted by atomic mass is 32.2. The highest BCUT2D eigenvalue weighted by molar-refractivity contribution is 8.00. The summed E-state index contributed by atoms with van der Waals surface area (Å²) in [4.78, 5) is 20.4. The van der Waals surface area contributed by atoms with Crippen LogP contribution in [0, 0.1) is 0 Å². The molecule has 7 nitrogen and oxygen atoms in total. The number of nitrogens with zero attached hydrogens (tertiary/aromatic N) is 5. The van der Waals surface area contributed by atoms with Gasteiger partial charge in [-0.2, -0.15) is 0 Å². The smallest absolute Gasteiger partial charge is 0.239 e. The van der Waals surface area contributed by atoms with Crippen LogP contribution in [0.15, 0.2) is 53.9 Å². The maximum absolute atomic E-state index is 12.3. The molecule has 3 aromatic heterocycles. The molecule has 1 amide bonds. The van der Waals surface area contributed by atoms with E-state index in [4.69, 9.17) is 0 Å². The molecule has 0 aliphatic rings. The van der Waals surface area contributed by atoms with E-state index in [1.54, 1.807) is 24.7 Å². The van der Waals surface area contributed by atoms with Gasteiger partial charge in [0.15, 0.2) is 16.1 Å². The molecular weight excluding hydrogens is 356 g/mol. The van der Waals surface area contributed by atoms with Crippen molar-refractivity contribution in [2.75, 3.05) is 5.32 Å². The maximum Gasteiger partial charge on any atom is 0.239 e. The molecule has 1 atom stereocenters. The molecule has 0 fully saturated rings. The number of amides is 1. The zero-order chi connectivity index (χ0) is 17.6. The van der Waals surface area contributed by atoms with E-state index in [0.29, 0.717) is 16.8 Å². The average molecular weight is 372 g/mol. The van der Waals surface area contributed by atoms with Crippen LogP contribution in [0.1, 0.15) is 6.92 Å². The minimum atomic E-state index is -0.345. The van der Waals surface area contributed by atoms with Gasteiger partial charge in [0.1, 0.15) is 0 Å². The first-order valence-electron chi connectivity index (χ1n) is 7.50. The van der Waals surface area contributed by atoms with Crippen molar-refractivity contribution in [3.8, 4) is 11.4 Å². The molecule has 25 heavy (non-hydrogen) atoms. The number of carbonyl (C=O) groups excluding carboxylic acids is 1.